The molecule has 0 aliphatic rings. The number of hydrogen-bond acceptors (Lipinski definition) is 2. The van der Waals surface area contributed by atoms with Crippen molar-refractivity contribution in [2.24, 2.45) is 0 Å². The van der Waals surface area contributed by atoms with Crippen molar-refractivity contribution in [1.29, 1.82) is 0 Å². The van der Waals surface area contributed by atoms with Crippen LogP contribution in [0.2, 0.25) is 0 Å². The van der Waals surface area contributed by atoms with Gasteiger partial charge in [0.05, 0.1) is 6.61 Å². The lowest BCUT2D eigenvalue weighted by molar-refractivity contribution is 0.202. The lowest BCUT2D eigenvalue weighted by Gasteiger charge is -2.05. The molecular weight excluding hydrogens is 176 g/mol. The van der Waals surface area contributed by atoms with E-state index in [1.807, 2.05) is 12.1 Å². The first-order valence-electron chi connectivity index (χ1n) is 4.68. The molecule has 0 aromatic heterocycles. The van der Waals surface area contributed by atoms with Crippen LogP contribution in [0.3, 0.4) is 0 Å². The van der Waals surface area contributed by atoms with Crippen molar-refractivity contribution < 1.29 is 9.84 Å². The Morgan fingerprint density at radius 3 is 2.93 bits per heavy atom. The minimum absolute atomic E-state index is 0.339. The molecule has 0 fully saturated rings. The van der Waals surface area contributed by atoms with Gasteiger partial charge in [-0.05, 0) is 30.0 Å². The minimum Gasteiger partial charge on any atom is -0.508 e. The molecule has 1 N–H and O–H groups in total. The molecule has 0 unspecified atom stereocenters. The molecule has 0 amide bonds. The molecule has 0 heterocycles. The molecule has 0 aliphatic carbocycles. The first kappa shape index (κ1) is 10.8. The zero-order chi connectivity index (χ0) is 10.4. The van der Waals surface area contributed by atoms with E-state index >= 15 is 0 Å². The maximum absolute atomic E-state index is 9.51. The lowest BCUT2D eigenvalue weighted by atomic mass is 10.1. The van der Waals surface area contributed by atoms with Crippen LogP contribution in [0, 0.1) is 0 Å². The lowest BCUT2D eigenvalue weighted by Crippen LogP contribution is -1.95. The second kappa shape index (κ2) is 5.45. The minimum atomic E-state index is 0.339. The van der Waals surface area contributed by atoms with Gasteiger partial charge in [0.2, 0.25) is 0 Å². The van der Waals surface area contributed by atoms with Gasteiger partial charge >= 0.3 is 0 Å². The van der Waals surface area contributed by atoms with Crippen LogP contribution in [0.25, 0.3) is 0 Å². The van der Waals surface area contributed by atoms with Crippen LogP contribution in [0.4, 0.5) is 0 Å². The molecule has 0 spiro atoms. The van der Waals surface area contributed by atoms with E-state index in [-0.39, 0.29) is 0 Å². The fraction of sp³-hybridized carbons (Fsp3) is 0.333. The quantitative estimate of drug-likeness (QED) is 0.725. The highest BCUT2D eigenvalue weighted by atomic mass is 16.5. The van der Waals surface area contributed by atoms with E-state index in [0.717, 1.165) is 12.0 Å². The number of phenolic OH excluding ortho intramolecular Hbond substituents is 1. The Bertz CT molecular complexity index is 305. The average Bonchev–Trinajstić information content (AvgIpc) is 2.19. The van der Waals surface area contributed by atoms with Crippen LogP contribution >= 0.6 is 0 Å². The predicted molar refractivity (Wildman–Crippen MR) is 57.6 cm³/mol. The SMILES string of the molecule is C=CCc1cc(CCOC)ccc1O. The van der Waals surface area contributed by atoms with Crippen molar-refractivity contribution in [3.05, 3.63) is 42.0 Å². The first-order valence-corrected chi connectivity index (χ1v) is 4.68. The summed E-state index contributed by atoms with van der Waals surface area (Å²) in [5.41, 5.74) is 2.11. The van der Waals surface area contributed by atoms with Gasteiger partial charge in [-0.2, -0.15) is 0 Å². The van der Waals surface area contributed by atoms with Crippen molar-refractivity contribution in [2.45, 2.75) is 12.8 Å². The van der Waals surface area contributed by atoms with Crippen LogP contribution in [0.1, 0.15) is 11.1 Å². The van der Waals surface area contributed by atoms with Crippen LogP contribution < -0.4 is 0 Å². The van der Waals surface area contributed by atoms with E-state index in [1.54, 1.807) is 19.3 Å². The van der Waals surface area contributed by atoms with Crippen LogP contribution in [0.5, 0.6) is 5.75 Å². The average molecular weight is 192 g/mol. The molecular formula is C12H16O2. The van der Waals surface area contributed by atoms with E-state index in [4.69, 9.17) is 4.74 Å². The second-order valence-electron chi connectivity index (χ2n) is 3.20. The van der Waals surface area contributed by atoms with Gasteiger partial charge in [-0.15, -0.1) is 6.58 Å². The zero-order valence-electron chi connectivity index (χ0n) is 8.49. The van der Waals surface area contributed by atoms with Crippen molar-refractivity contribution in [1.82, 2.24) is 0 Å². The topological polar surface area (TPSA) is 29.5 Å². The van der Waals surface area contributed by atoms with E-state index in [1.165, 1.54) is 5.56 Å². The summed E-state index contributed by atoms with van der Waals surface area (Å²) in [6.07, 6.45) is 3.36. The third-order valence-corrected chi connectivity index (χ3v) is 2.10. The largest absolute Gasteiger partial charge is 0.508 e. The smallest absolute Gasteiger partial charge is 0.119 e. The zero-order valence-corrected chi connectivity index (χ0v) is 8.49. The number of hydrogen-bond donors (Lipinski definition) is 1. The van der Waals surface area contributed by atoms with Crippen LogP contribution in [-0.4, -0.2) is 18.8 Å². The summed E-state index contributed by atoms with van der Waals surface area (Å²) in [5, 5.41) is 9.51. The monoisotopic (exact) mass is 192 g/mol. The van der Waals surface area contributed by atoms with E-state index in [0.29, 0.717) is 18.8 Å². The number of benzene rings is 1. The molecule has 0 saturated carbocycles. The number of phenols is 1. The molecule has 1 aromatic carbocycles. The Kier molecular flexibility index (Phi) is 4.20. The number of methoxy groups -OCH3 is 1. The van der Waals surface area contributed by atoms with Crippen molar-refractivity contribution >= 4 is 0 Å². The molecule has 0 atom stereocenters. The summed E-state index contributed by atoms with van der Waals surface area (Å²) >= 11 is 0. The first-order chi connectivity index (χ1) is 6.77. The Hall–Kier alpha value is -1.28. The number of ether oxygens (including phenoxy) is 1. The van der Waals surface area contributed by atoms with Gasteiger partial charge in [-0.25, -0.2) is 0 Å². The molecule has 0 saturated heterocycles. The van der Waals surface area contributed by atoms with Gasteiger partial charge in [-0.1, -0.05) is 18.2 Å². The number of rotatable bonds is 5. The van der Waals surface area contributed by atoms with Gasteiger partial charge in [-0.3, -0.25) is 0 Å². The molecule has 0 radical (unpaired) electrons. The highest BCUT2D eigenvalue weighted by molar-refractivity contribution is 5.37. The Balaban J connectivity index is 2.77. The third-order valence-electron chi connectivity index (χ3n) is 2.10. The molecule has 1 rings (SSSR count). The second-order valence-corrected chi connectivity index (χ2v) is 3.20. The van der Waals surface area contributed by atoms with Gasteiger partial charge in [0.25, 0.3) is 0 Å². The molecule has 2 nitrogen and oxygen atoms in total. The maximum atomic E-state index is 9.51. The maximum Gasteiger partial charge on any atom is 0.119 e. The summed E-state index contributed by atoms with van der Waals surface area (Å²) in [6.45, 7) is 4.36. The third kappa shape index (κ3) is 2.89. The highest BCUT2D eigenvalue weighted by Crippen LogP contribution is 2.19. The summed E-state index contributed by atoms with van der Waals surface area (Å²) in [6, 6.07) is 5.64. The fourth-order valence-electron chi connectivity index (χ4n) is 1.33. The molecule has 1 aromatic rings. The van der Waals surface area contributed by atoms with Gasteiger partial charge < -0.3 is 9.84 Å². The normalized spacial score (nSPS) is 10.1. The Morgan fingerprint density at radius 1 is 1.50 bits per heavy atom. The Labute approximate surface area is 84.8 Å². The van der Waals surface area contributed by atoms with Crippen LogP contribution in [0.15, 0.2) is 30.9 Å². The van der Waals surface area contributed by atoms with E-state index in [9.17, 15) is 5.11 Å². The van der Waals surface area contributed by atoms with Crippen LogP contribution in [-0.2, 0) is 17.6 Å². The number of aromatic hydroxyl groups is 1. The van der Waals surface area contributed by atoms with E-state index in [2.05, 4.69) is 6.58 Å². The summed E-state index contributed by atoms with van der Waals surface area (Å²) < 4.78 is 4.99. The molecule has 0 bridgehead atoms. The fourth-order valence-corrected chi connectivity index (χ4v) is 1.33. The summed E-state index contributed by atoms with van der Waals surface area (Å²) in [7, 11) is 1.69. The van der Waals surface area contributed by atoms with Crippen molar-refractivity contribution in [3.63, 3.8) is 0 Å². The molecule has 76 valence electrons. The molecule has 2 heteroatoms. The van der Waals surface area contributed by atoms with Gasteiger partial charge in [0, 0.05) is 7.11 Å². The molecule has 14 heavy (non-hydrogen) atoms. The molecule has 0 aliphatic heterocycles. The van der Waals surface area contributed by atoms with Crippen molar-refractivity contribution in [3.8, 4) is 5.75 Å². The summed E-state index contributed by atoms with van der Waals surface area (Å²) in [4.78, 5) is 0. The van der Waals surface area contributed by atoms with Gasteiger partial charge in [0.15, 0.2) is 0 Å². The summed E-state index contributed by atoms with van der Waals surface area (Å²) in [5.74, 6) is 0.339. The van der Waals surface area contributed by atoms with Crippen molar-refractivity contribution in [2.75, 3.05) is 13.7 Å². The van der Waals surface area contributed by atoms with E-state index < -0.39 is 0 Å². The van der Waals surface area contributed by atoms with Gasteiger partial charge in [0.1, 0.15) is 5.75 Å². The predicted octanol–water partition coefficient (Wildman–Crippen LogP) is 2.31. The Morgan fingerprint density at radius 2 is 2.29 bits per heavy atom. The standard InChI is InChI=1S/C12H16O2/c1-3-4-11-9-10(7-8-14-2)5-6-12(11)13/h3,5-6,9,13H,1,4,7-8H2,2H3. The number of allylic oxidation sites excluding steroid dienone is 1. The highest BCUT2D eigenvalue weighted by Gasteiger charge is 2.00.